The van der Waals surface area contributed by atoms with E-state index in [9.17, 15) is 24.3 Å². The third-order valence-electron chi connectivity index (χ3n) is 11.2. The Morgan fingerprint density at radius 1 is 0.755 bits per heavy atom. The molecule has 242 valence electrons. The molecule has 4 aromatic carbocycles. The van der Waals surface area contributed by atoms with Gasteiger partial charge in [0, 0.05) is 11.5 Å². The van der Waals surface area contributed by atoms with Crippen LogP contribution in [-0.2, 0) is 19.2 Å². The number of amides is 4. The van der Waals surface area contributed by atoms with E-state index in [0.29, 0.717) is 29.3 Å². The van der Waals surface area contributed by atoms with Crippen molar-refractivity contribution in [3.05, 3.63) is 120 Å². The zero-order valence-corrected chi connectivity index (χ0v) is 26.5. The number of benzene rings is 4. The normalized spacial score (nSPS) is 27.7. The largest absolute Gasteiger partial charge is 0.508 e. The number of para-hydroxylation sites is 3. The maximum Gasteiger partial charge on any atom is 0.241 e. The van der Waals surface area contributed by atoms with Crippen LogP contribution in [0, 0.1) is 29.1 Å². The van der Waals surface area contributed by atoms with Crippen molar-refractivity contribution >= 4 is 46.1 Å². The number of anilines is 2. The number of oxazole rings is 1. The van der Waals surface area contributed by atoms with Gasteiger partial charge in [-0.3, -0.25) is 24.1 Å². The minimum atomic E-state index is -1.13. The number of carbonyl (C=O) groups excluding carboxylic acids is 4. The third-order valence-corrected chi connectivity index (χ3v) is 11.2. The SMILES string of the molecule is C[C@@]12C(=O)N(c3ccccc3)C(=O)[C@@H]1C[C@@H]1C(=CC[C@@H]3C(=O)N(c4ccc(-c5nc6ccccc6o5)cc4)C(=O)[C@@H]31)[C@@H]2c1ccc(O)cc1. The van der Waals surface area contributed by atoms with E-state index in [1.54, 1.807) is 72.8 Å². The molecule has 1 N–H and O–H groups in total. The van der Waals surface area contributed by atoms with Crippen LogP contribution in [0.1, 0.15) is 31.2 Å². The van der Waals surface area contributed by atoms with E-state index in [1.807, 2.05) is 43.3 Å². The summed E-state index contributed by atoms with van der Waals surface area (Å²) in [5, 5.41) is 10.1. The molecule has 2 aliphatic heterocycles. The van der Waals surface area contributed by atoms with Crippen molar-refractivity contribution < 1.29 is 28.7 Å². The molecule has 2 saturated heterocycles. The summed E-state index contributed by atoms with van der Waals surface area (Å²) in [5.41, 5.74) is 3.64. The number of phenolic OH excluding ortho intramolecular Hbond substituents is 1. The highest BCUT2D eigenvalue weighted by Crippen LogP contribution is 2.63. The molecule has 4 aliphatic rings. The maximum atomic E-state index is 14.4. The van der Waals surface area contributed by atoms with Crippen molar-refractivity contribution in [2.45, 2.75) is 25.7 Å². The summed E-state index contributed by atoms with van der Waals surface area (Å²) in [4.78, 5) is 64.3. The Hall–Kier alpha value is -5.83. The first kappa shape index (κ1) is 29.3. The Morgan fingerprint density at radius 2 is 1.45 bits per heavy atom. The number of carbonyl (C=O) groups is 4. The second-order valence-electron chi connectivity index (χ2n) is 13.6. The standard InChI is InChI=1S/C40H31N3O6/c1-40-30(37(46)43(39(40)48)24-7-3-2-4-8-24)21-29-27(34(40)22-13-17-26(44)18-14-22)19-20-28-33(29)38(47)42(36(28)45)25-15-11-23(12-16-25)35-41-31-9-5-6-10-32(31)49-35/h2-19,28-30,33-34,44H,20-21H2,1H3/t28-,29+,30-,33-,34-,40+/m0/s1. The highest BCUT2D eigenvalue weighted by Gasteiger charge is 2.67. The van der Waals surface area contributed by atoms with Gasteiger partial charge in [0.05, 0.1) is 34.5 Å². The summed E-state index contributed by atoms with van der Waals surface area (Å²) in [6, 6.07) is 30.2. The Labute approximate surface area is 281 Å². The van der Waals surface area contributed by atoms with Crippen molar-refractivity contribution in [3.8, 4) is 17.2 Å². The van der Waals surface area contributed by atoms with Crippen molar-refractivity contribution in [1.82, 2.24) is 4.98 Å². The first-order valence-corrected chi connectivity index (χ1v) is 16.5. The molecule has 4 amide bonds. The molecule has 0 unspecified atom stereocenters. The number of nitrogens with zero attached hydrogens (tertiary/aromatic N) is 3. The van der Waals surface area contributed by atoms with Gasteiger partial charge in [-0.2, -0.15) is 0 Å². The van der Waals surface area contributed by atoms with Crippen LogP contribution in [0.3, 0.4) is 0 Å². The quantitative estimate of drug-likeness (QED) is 0.171. The number of hydrogen-bond donors (Lipinski definition) is 1. The van der Waals surface area contributed by atoms with Gasteiger partial charge < -0.3 is 9.52 Å². The van der Waals surface area contributed by atoms with Gasteiger partial charge in [0.15, 0.2) is 5.58 Å². The zero-order chi connectivity index (χ0) is 33.6. The lowest BCUT2D eigenvalue weighted by molar-refractivity contribution is -0.131. The number of hydrogen-bond acceptors (Lipinski definition) is 7. The van der Waals surface area contributed by atoms with E-state index in [1.165, 1.54) is 9.80 Å². The van der Waals surface area contributed by atoms with Gasteiger partial charge in [0.1, 0.15) is 11.3 Å². The van der Waals surface area contributed by atoms with E-state index >= 15 is 0 Å². The number of fused-ring (bicyclic) bond motifs is 5. The molecule has 3 heterocycles. The van der Waals surface area contributed by atoms with Gasteiger partial charge in [-0.1, -0.05) is 54.1 Å². The molecule has 1 aromatic heterocycles. The molecule has 9 heteroatoms. The van der Waals surface area contributed by atoms with Gasteiger partial charge in [0.25, 0.3) is 0 Å². The second-order valence-corrected chi connectivity index (χ2v) is 13.6. The molecule has 6 atom stereocenters. The smallest absolute Gasteiger partial charge is 0.241 e. The maximum absolute atomic E-state index is 14.4. The summed E-state index contributed by atoms with van der Waals surface area (Å²) in [6.45, 7) is 1.86. The molecule has 0 bridgehead atoms. The number of rotatable bonds is 4. The zero-order valence-electron chi connectivity index (χ0n) is 26.5. The lowest BCUT2D eigenvalue weighted by Gasteiger charge is -2.49. The highest BCUT2D eigenvalue weighted by molar-refractivity contribution is 6.25. The molecule has 9 nitrogen and oxygen atoms in total. The van der Waals surface area contributed by atoms with Crippen LogP contribution in [0.15, 0.2) is 119 Å². The summed E-state index contributed by atoms with van der Waals surface area (Å²) in [5.74, 6) is -3.56. The van der Waals surface area contributed by atoms with E-state index in [0.717, 1.165) is 22.2 Å². The van der Waals surface area contributed by atoms with Crippen molar-refractivity contribution in [2.24, 2.45) is 29.1 Å². The summed E-state index contributed by atoms with van der Waals surface area (Å²) in [6.07, 6.45) is 2.65. The molecule has 0 spiro atoms. The van der Waals surface area contributed by atoms with Gasteiger partial charge in [-0.05, 0) is 91.9 Å². The highest BCUT2D eigenvalue weighted by atomic mass is 16.3. The van der Waals surface area contributed by atoms with Crippen molar-refractivity contribution in [2.75, 3.05) is 9.80 Å². The molecule has 3 fully saturated rings. The monoisotopic (exact) mass is 649 g/mol. The van der Waals surface area contributed by atoms with E-state index < -0.39 is 35.0 Å². The molecule has 5 aromatic rings. The fourth-order valence-corrected chi connectivity index (χ4v) is 8.89. The minimum Gasteiger partial charge on any atom is -0.508 e. The molecule has 9 rings (SSSR count). The molecule has 0 radical (unpaired) electrons. The number of aromatic hydroxyl groups is 1. The number of aromatic nitrogens is 1. The summed E-state index contributed by atoms with van der Waals surface area (Å²) in [7, 11) is 0. The van der Waals surface area contributed by atoms with Crippen LogP contribution in [0.5, 0.6) is 5.75 Å². The summed E-state index contributed by atoms with van der Waals surface area (Å²) >= 11 is 0. The van der Waals surface area contributed by atoms with Crippen LogP contribution < -0.4 is 9.80 Å². The average Bonchev–Trinajstić information content (AvgIpc) is 3.73. The second kappa shape index (κ2) is 10.6. The number of phenols is 1. The van der Waals surface area contributed by atoms with Crippen LogP contribution in [-0.4, -0.2) is 33.7 Å². The first-order valence-electron chi connectivity index (χ1n) is 16.5. The topological polar surface area (TPSA) is 121 Å². The Kier molecular flexibility index (Phi) is 6.33. The van der Waals surface area contributed by atoms with E-state index in [-0.39, 0.29) is 35.8 Å². The fraction of sp³-hybridized carbons (Fsp3) is 0.225. The molecule has 49 heavy (non-hydrogen) atoms. The number of allylic oxidation sites excluding steroid dienone is 2. The van der Waals surface area contributed by atoms with Gasteiger partial charge in [-0.25, -0.2) is 9.88 Å². The van der Waals surface area contributed by atoms with E-state index in [4.69, 9.17) is 4.42 Å². The van der Waals surface area contributed by atoms with Crippen LogP contribution in [0.2, 0.25) is 0 Å². The van der Waals surface area contributed by atoms with Crippen molar-refractivity contribution in [1.29, 1.82) is 0 Å². The first-order chi connectivity index (χ1) is 23.8. The summed E-state index contributed by atoms with van der Waals surface area (Å²) < 4.78 is 5.91. The predicted molar refractivity (Wildman–Crippen MR) is 181 cm³/mol. The molecule has 1 saturated carbocycles. The van der Waals surface area contributed by atoms with Crippen LogP contribution >= 0.6 is 0 Å². The predicted octanol–water partition coefficient (Wildman–Crippen LogP) is 6.64. The van der Waals surface area contributed by atoms with Crippen LogP contribution in [0.25, 0.3) is 22.6 Å². The Morgan fingerprint density at radius 3 is 2.18 bits per heavy atom. The van der Waals surface area contributed by atoms with Gasteiger partial charge in [0.2, 0.25) is 29.5 Å². The average molecular weight is 650 g/mol. The minimum absolute atomic E-state index is 0.0876. The van der Waals surface area contributed by atoms with Gasteiger partial charge >= 0.3 is 0 Å². The van der Waals surface area contributed by atoms with Gasteiger partial charge in [-0.15, -0.1) is 0 Å². The molecule has 2 aliphatic carbocycles. The molecular formula is C40H31N3O6. The number of imide groups is 2. The fourth-order valence-electron chi connectivity index (χ4n) is 8.89. The lowest BCUT2D eigenvalue weighted by Crippen LogP contribution is -2.48. The Balaban J connectivity index is 1.09. The third kappa shape index (κ3) is 4.14. The van der Waals surface area contributed by atoms with E-state index in [2.05, 4.69) is 4.98 Å². The lowest BCUT2D eigenvalue weighted by atomic mass is 9.51. The molecular weight excluding hydrogens is 618 g/mol. The Bertz CT molecular complexity index is 2190. The van der Waals surface area contributed by atoms with Crippen LogP contribution in [0.4, 0.5) is 11.4 Å². The van der Waals surface area contributed by atoms with Crippen molar-refractivity contribution in [3.63, 3.8) is 0 Å².